The standard InChI is InChI=1S/C13H13ClN2O2/c1-8(2)15-13(17)11-7-12(18-16-11)9-4-3-5-10(14)6-9/h3-8H,1-2H3,(H,15,17). The van der Waals surface area contributed by atoms with E-state index >= 15 is 0 Å². The van der Waals surface area contributed by atoms with Crippen molar-refractivity contribution in [1.82, 2.24) is 10.5 Å². The molecular formula is C13H13ClN2O2. The quantitative estimate of drug-likeness (QED) is 0.927. The maximum atomic E-state index is 11.7. The number of nitrogens with one attached hydrogen (secondary N) is 1. The van der Waals surface area contributed by atoms with Gasteiger partial charge in [0.15, 0.2) is 11.5 Å². The number of hydrogen-bond acceptors (Lipinski definition) is 3. The Balaban J connectivity index is 2.23. The average Bonchev–Trinajstić information content (AvgIpc) is 2.77. The lowest BCUT2D eigenvalue weighted by Gasteiger charge is -2.04. The van der Waals surface area contributed by atoms with E-state index < -0.39 is 0 Å². The van der Waals surface area contributed by atoms with Crippen molar-refractivity contribution >= 4 is 17.5 Å². The molecule has 1 N–H and O–H groups in total. The highest BCUT2D eigenvalue weighted by molar-refractivity contribution is 6.30. The van der Waals surface area contributed by atoms with Crippen molar-refractivity contribution in [2.45, 2.75) is 19.9 Å². The van der Waals surface area contributed by atoms with E-state index in [2.05, 4.69) is 10.5 Å². The van der Waals surface area contributed by atoms with Gasteiger partial charge in [-0.15, -0.1) is 0 Å². The third-order valence-electron chi connectivity index (χ3n) is 2.27. The van der Waals surface area contributed by atoms with Crippen LogP contribution in [0.5, 0.6) is 0 Å². The zero-order valence-corrected chi connectivity index (χ0v) is 10.9. The fraction of sp³-hybridized carbons (Fsp3) is 0.231. The summed E-state index contributed by atoms with van der Waals surface area (Å²) in [6.07, 6.45) is 0. The van der Waals surface area contributed by atoms with Crippen LogP contribution in [0.3, 0.4) is 0 Å². The van der Waals surface area contributed by atoms with Crippen LogP contribution in [0, 0.1) is 0 Å². The van der Waals surface area contributed by atoms with Crippen molar-refractivity contribution in [1.29, 1.82) is 0 Å². The minimum Gasteiger partial charge on any atom is -0.355 e. The second-order valence-electron chi connectivity index (χ2n) is 4.21. The topological polar surface area (TPSA) is 55.1 Å². The molecule has 0 fully saturated rings. The SMILES string of the molecule is CC(C)NC(=O)c1cc(-c2cccc(Cl)c2)on1. The summed E-state index contributed by atoms with van der Waals surface area (Å²) in [5.41, 5.74) is 1.05. The zero-order chi connectivity index (χ0) is 13.1. The van der Waals surface area contributed by atoms with Crippen LogP contribution in [-0.4, -0.2) is 17.1 Å². The van der Waals surface area contributed by atoms with Gasteiger partial charge in [-0.3, -0.25) is 4.79 Å². The van der Waals surface area contributed by atoms with Gasteiger partial charge in [-0.2, -0.15) is 0 Å². The number of carbonyl (C=O) groups excluding carboxylic acids is 1. The zero-order valence-electron chi connectivity index (χ0n) is 10.1. The molecular weight excluding hydrogens is 252 g/mol. The predicted molar refractivity (Wildman–Crippen MR) is 69.6 cm³/mol. The third-order valence-corrected chi connectivity index (χ3v) is 2.51. The van der Waals surface area contributed by atoms with Crippen molar-refractivity contribution in [3.63, 3.8) is 0 Å². The van der Waals surface area contributed by atoms with E-state index in [1.54, 1.807) is 18.2 Å². The number of nitrogens with zero attached hydrogens (tertiary/aromatic N) is 1. The van der Waals surface area contributed by atoms with Crippen LogP contribution < -0.4 is 5.32 Å². The van der Waals surface area contributed by atoms with E-state index in [1.807, 2.05) is 26.0 Å². The van der Waals surface area contributed by atoms with Crippen LogP contribution in [0.25, 0.3) is 11.3 Å². The Morgan fingerprint density at radius 3 is 2.83 bits per heavy atom. The Hall–Kier alpha value is -1.81. The highest BCUT2D eigenvalue weighted by Crippen LogP contribution is 2.23. The fourth-order valence-electron chi connectivity index (χ4n) is 1.50. The average molecular weight is 265 g/mol. The van der Waals surface area contributed by atoms with E-state index in [0.717, 1.165) is 5.56 Å². The van der Waals surface area contributed by atoms with Crippen molar-refractivity contribution in [2.75, 3.05) is 0 Å². The molecule has 0 unspecified atom stereocenters. The summed E-state index contributed by atoms with van der Waals surface area (Å²) >= 11 is 5.89. The van der Waals surface area contributed by atoms with Gasteiger partial charge in [-0.05, 0) is 26.0 Å². The van der Waals surface area contributed by atoms with Gasteiger partial charge >= 0.3 is 0 Å². The molecule has 2 rings (SSSR count). The monoisotopic (exact) mass is 264 g/mol. The van der Waals surface area contributed by atoms with Crippen LogP contribution >= 0.6 is 11.6 Å². The van der Waals surface area contributed by atoms with E-state index in [0.29, 0.717) is 10.8 Å². The first-order chi connectivity index (χ1) is 8.56. The van der Waals surface area contributed by atoms with Gasteiger partial charge in [0.25, 0.3) is 5.91 Å². The summed E-state index contributed by atoms with van der Waals surface area (Å²) in [5, 5.41) is 7.10. The van der Waals surface area contributed by atoms with Gasteiger partial charge in [-0.1, -0.05) is 28.9 Å². The molecule has 1 heterocycles. The summed E-state index contributed by atoms with van der Waals surface area (Å²) in [6, 6.07) is 8.84. The Morgan fingerprint density at radius 2 is 2.17 bits per heavy atom. The summed E-state index contributed by atoms with van der Waals surface area (Å²) in [6.45, 7) is 3.77. The molecule has 0 aliphatic rings. The summed E-state index contributed by atoms with van der Waals surface area (Å²) in [7, 11) is 0. The summed E-state index contributed by atoms with van der Waals surface area (Å²) in [4.78, 5) is 11.7. The molecule has 1 aromatic heterocycles. The molecule has 0 spiro atoms. The molecule has 1 aromatic carbocycles. The molecule has 0 radical (unpaired) electrons. The Labute approximate surface area is 110 Å². The second kappa shape index (κ2) is 5.23. The minimum atomic E-state index is -0.248. The number of carbonyl (C=O) groups is 1. The molecule has 0 aliphatic heterocycles. The largest absolute Gasteiger partial charge is 0.355 e. The molecule has 18 heavy (non-hydrogen) atoms. The summed E-state index contributed by atoms with van der Waals surface area (Å²) < 4.78 is 5.14. The van der Waals surface area contributed by atoms with Gasteiger partial charge in [0, 0.05) is 22.7 Å². The van der Waals surface area contributed by atoms with Crippen LogP contribution in [0.4, 0.5) is 0 Å². The van der Waals surface area contributed by atoms with Crippen molar-refractivity contribution in [2.24, 2.45) is 0 Å². The number of rotatable bonds is 3. The smallest absolute Gasteiger partial charge is 0.273 e. The Morgan fingerprint density at radius 1 is 1.39 bits per heavy atom. The molecule has 4 nitrogen and oxygen atoms in total. The van der Waals surface area contributed by atoms with Gasteiger partial charge in [0.1, 0.15) is 0 Å². The lowest BCUT2D eigenvalue weighted by atomic mass is 10.1. The normalized spacial score (nSPS) is 10.7. The van der Waals surface area contributed by atoms with Crippen LogP contribution in [0.1, 0.15) is 24.3 Å². The van der Waals surface area contributed by atoms with E-state index in [4.69, 9.17) is 16.1 Å². The number of benzene rings is 1. The molecule has 1 amide bonds. The number of amides is 1. The molecule has 0 atom stereocenters. The molecule has 0 saturated carbocycles. The van der Waals surface area contributed by atoms with Crippen molar-refractivity contribution in [3.8, 4) is 11.3 Å². The van der Waals surface area contributed by atoms with Gasteiger partial charge in [0.05, 0.1) is 0 Å². The molecule has 0 bridgehead atoms. The van der Waals surface area contributed by atoms with E-state index in [-0.39, 0.29) is 17.6 Å². The maximum absolute atomic E-state index is 11.7. The molecule has 0 saturated heterocycles. The maximum Gasteiger partial charge on any atom is 0.273 e. The molecule has 94 valence electrons. The summed E-state index contributed by atoms with van der Waals surface area (Å²) in [5.74, 6) is 0.272. The number of hydrogen-bond donors (Lipinski definition) is 1. The van der Waals surface area contributed by atoms with Crippen molar-refractivity contribution in [3.05, 3.63) is 41.0 Å². The van der Waals surface area contributed by atoms with Crippen LogP contribution in [0.2, 0.25) is 5.02 Å². The molecule has 5 heteroatoms. The highest BCUT2D eigenvalue weighted by Gasteiger charge is 2.14. The predicted octanol–water partition coefficient (Wildman–Crippen LogP) is 3.13. The number of halogens is 1. The van der Waals surface area contributed by atoms with E-state index in [9.17, 15) is 4.79 Å². The first-order valence-electron chi connectivity index (χ1n) is 5.60. The lowest BCUT2D eigenvalue weighted by Crippen LogP contribution is -2.30. The first kappa shape index (κ1) is 12.6. The van der Waals surface area contributed by atoms with E-state index in [1.165, 1.54) is 0 Å². The molecule has 0 aliphatic carbocycles. The number of aromatic nitrogens is 1. The van der Waals surface area contributed by atoms with Crippen molar-refractivity contribution < 1.29 is 9.32 Å². The minimum absolute atomic E-state index is 0.0591. The Kier molecular flexibility index (Phi) is 3.67. The second-order valence-corrected chi connectivity index (χ2v) is 4.65. The van der Waals surface area contributed by atoms with Gasteiger partial charge < -0.3 is 9.84 Å². The lowest BCUT2D eigenvalue weighted by molar-refractivity contribution is 0.0934. The third kappa shape index (κ3) is 2.90. The van der Waals surface area contributed by atoms with Gasteiger partial charge in [0.2, 0.25) is 0 Å². The Bertz CT molecular complexity index is 564. The van der Waals surface area contributed by atoms with Gasteiger partial charge in [-0.25, -0.2) is 0 Å². The van der Waals surface area contributed by atoms with Crippen LogP contribution in [-0.2, 0) is 0 Å². The first-order valence-corrected chi connectivity index (χ1v) is 5.97. The highest BCUT2D eigenvalue weighted by atomic mass is 35.5. The molecule has 2 aromatic rings. The van der Waals surface area contributed by atoms with Crippen LogP contribution in [0.15, 0.2) is 34.9 Å². The fourth-order valence-corrected chi connectivity index (χ4v) is 1.69.